The van der Waals surface area contributed by atoms with Crippen LogP contribution in [0.3, 0.4) is 0 Å². The molecule has 3 atom stereocenters. The summed E-state index contributed by atoms with van der Waals surface area (Å²) in [5, 5.41) is 9.37. The summed E-state index contributed by atoms with van der Waals surface area (Å²) < 4.78 is 11.7. The van der Waals surface area contributed by atoms with E-state index in [2.05, 4.69) is 41.5 Å². The third kappa shape index (κ3) is 4.57. The van der Waals surface area contributed by atoms with Gasteiger partial charge in [0.15, 0.2) is 0 Å². The van der Waals surface area contributed by atoms with Gasteiger partial charge in [0.05, 0.1) is 31.0 Å². The fraction of sp³-hybridized carbons (Fsp3) is 1.00. The van der Waals surface area contributed by atoms with Crippen LogP contribution in [0.5, 0.6) is 0 Å². The smallest absolute Gasteiger partial charge is 0.0860 e. The Morgan fingerprint density at radius 2 is 1.76 bits per heavy atom. The molecule has 0 aliphatic carbocycles. The number of aliphatic hydroxyl groups excluding tert-OH is 1. The summed E-state index contributed by atoms with van der Waals surface area (Å²) >= 11 is 0. The molecule has 0 aromatic heterocycles. The maximum Gasteiger partial charge on any atom is 0.0860 e. The van der Waals surface area contributed by atoms with Crippen molar-refractivity contribution in [3.63, 3.8) is 0 Å². The molecule has 3 nitrogen and oxygen atoms in total. The minimum Gasteiger partial charge on any atom is -0.394 e. The van der Waals surface area contributed by atoms with Crippen molar-refractivity contribution in [3.8, 4) is 0 Å². The molecule has 0 aromatic rings. The van der Waals surface area contributed by atoms with Gasteiger partial charge in [-0.05, 0) is 32.6 Å². The van der Waals surface area contributed by atoms with Crippen molar-refractivity contribution >= 4 is 0 Å². The summed E-state index contributed by atoms with van der Waals surface area (Å²) in [6.45, 7) is 13.5. The van der Waals surface area contributed by atoms with Crippen molar-refractivity contribution in [2.45, 2.75) is 65.8 Å². The van der Waals surface area contributed by atoms with Gasteiger partial charge in [-0.25, -0.2) is 0 Å². The molecule has 1 aliphatic rings. The van der Waals surface area contributed by atoms with Crippen molar-refractivity contribution in [1.29, 1.82) is 0 Å². The molecule has 1 heterocycles. The van der Waals surface area contributed by atoms with Gasteiger partial charge in [-0.3, -0.25) is 0 Å². The highest BCUT2D eigenvalue weighted by molar-refractivity contribution is 4.88. The van der Waals surface area contributed by atoms with Gasteiger partial charge in [-0.15, -0.1) is 0 Å². The second-order valence-corrected chi connectivity index (χ2v) is 7.13. The third-order valence-electron chi connectivity index (χ3n) is 3.26. The van der Waals surface area contributed by atoms with Gasteiger partial charge in [0.1, 0.15) is 0 Å². The summed E-state index contributed by atoms with van der Waals surface area (Å²) in [7, 11) is 0. The highest BCUT2D eigenvalue weighted by Crippen LogP contribution is 2.37. The first-order valence-corrected chi connectivity index (χ1v) is 6.54. The van der Waals surface area contributed by atoms with Gasteiger partial charge in [0.25, 0.3) is 0 Å². The lowest BCUT2D eigenvalue weighted by molar-refractivity contribution is -0.0642. The lowest BCUT2D eigenvalue weighted by Gasteiger charge is -2.26. The number of hydrogen-bond donors (Lipinski definition) is 1. The number of ether oxygens (including phenoxy) is 2. The van der Waals surface area contributed by atoms with E-state index in [9.17, 15) is 5.11 Å². The molecule has 1 rings (SSSR count). The predicted octanol–water partition coefficient (Wildman–Crippen LogP) is 2.61. The lowest BCUT2D eigenvalue weighted by atomic mass is 9.85. The third-order valence-corrected chi connectivity index (χ3v) is 3.26. The van der Waals surface area contributed by atoms with Gasteiger partial charge in [0.2, 0.25) is 0 Å². The Morgan fingerprint density at radius 3 is 2.18 bits per heavy atom. The largest absolute Gasteiger partial charge is 0.394 e. The summed E-state index contributed by atoms with van der Waals surface area (Å²) in [5.41, 5.74) is 0.00370. The Morgan fingerprint density at radius 1 is 1.18 bits per heavy atom. The molecule has 0 radical (unpaired) electrons. The van der Waals surface area contributed by atoms with E-state index in [0.29, 0.717) is 12.5 Å². The summed E-state index contributed by atoms with van der Waals surface area (Å²) in [6, 6.07) is 0. The standard InChI is InChI=1S/C14H28O3/c1-13(2,3)12-7-10(11(8-15)17-12)9-16-14(4,5)6/h10-12,15H,7-9H2,1-6H3. The molecule has 1 saturated heterocycles. The van der Waals surface area contributed by atoms with Crippen LogP contribution < -0.4 is 0 Å². The molecule has 1 fully saturated rings. The summed E-state index contributed by atoms with van der Waals surface area (Å²) in [5.74, 6) is 0.309. The first-order chi connectivity index (χ1) is 7.63. The molecule has 1 aliphatic heterocycles. The highest BCUT2D eigenvalue weighted by Gasteiger charge is 2.40. The van der Waals surface area contributed by atoms with Crippen LogP contribution in [-0.4, -0.2) is 36.1 Å². The summed E-state index contributed by atoms with van der Waals surface area (Å²) in [4.78, 5) is 0. The second-order valence-electron chi connectivity index (χ2n) is 7.13. The van der Waals surface area contributed by atoms with Crippen LogP contribution in [0.2, 0.25) is 0 Å². The maximum absolute atomic E-state index is 9.37. The molecular weight excluding hydrogens is 216 g/mol. The quantitative estimate of drug-likeness (QED) is 0.829. The monoisotopic (exact) mass is 244 g/mol. The maximum atomic E-state index is 9.37. The van der Waals surface area contributed by atoms with E-state index >= 15 is 0 Å². The van der Waals surface area contributed by atoms with Crippen LogP contribution in [0.1, 0.15) is 48.0 Å². The molecule has 17 heavy (non-hydrogen) atoms. The zero-order valence-corrected chi connectivity index (χ0v) is 12.1. The first kappa shape index (κ1) is 14.9. The van der Waals surface area contributed by atoms with Crippen LogP contribution in [0.15, 0.2) is 0 Å². The first-order valence-electron chi connectivity index (χ1n) is 6.54. The number of hydrogen-bond acceptors (Lipinski definition) is 3. The van der Waals surface area contributed by atoms with E-state index in [-0.39, 0.29) is 29.8 Å². The molecular formula is C14H28O3. The van der Waals surface area contributed by atoms with E-state index in [0.717, 1.165) is 6.42 Å². The van der Waals surface area contributed by atoms with Gasteiger partial charge < -0.3 is 14.6 Å². The molecule has 0 amide bonds. The Labute approximate surface area is 105 Å². The average Bonchev–Trinajstić information content (AvgIpc) is 2.55. The predicted molar refractivity (Wildman–Crippen MR) is 69.0 cm³/mol. The van der Waals surface area contributed by atoms with Crippen LogP contribution >= 0.6 is 0 Å². The van der Waals surface area contributed by atoms with E-state index in [1.165, 1.54) is 0 Å². The van der Waals surface area contributed by atoms with Crippen LogP contribution in [0.4, 0.5) is 0 Å². The topological polar surface area (TPSA) is 38.7 Å². The molecule has 3 heteroatoms. The Hall–Kier alpha value is -0.120. The molecule has 0 spiro atoms. The van der Waals surface area contributed by atoms with E-state index in [1.54, 1.807) is 0 Å². The minimum atomic E-state index is -0.125. The molecule has 0 bridgehead atoms. The van der Waals surface area contributed by atoms with E-state index in [1.807, 2.05) is 0 Å². The van der Waals surface area contributed by atoms with Crippen molar-refractivity contribution in [2.24, 2.45) is 11.3 Å². The van der Waals surface area contributed by atoms with Gasteiger partial charge in [-0.2, -0.15) is 0 Å². The fourth-order valence-electron chi connectivity index (χ4n) is 2.09. The zero-order valence-electron chi connectivity index (χ0n) is 12.1. The van der Waals surface area contributed by atoms with Crippen LogP contribution in [0.25, 0.3) is 0 Å². The Balaban J connectivity index is 2.54. The van der Waals surface area contributed by atoms with Crippen LogP contribution in [0, 0.1) is 11.3 Å². The second kappa shape index (κ2) is 5.25. The molecule has 102 valence electrons. The normalized spacial score (nSPS) is 30.9. The lowest BCUT2D eigenvalue weighted by Crippen LogP contribution is -2.29. The van der Waals surface area contributed by atoms with Crippen molar-refractivity contribution < 1.29 is 14.6 Å². The van der Waals surface area contributed by atoms with Gasteiger partial charge >= 0.3 is 0 Å². The molecule has 0 saturated carbocycles. The van der Waals surface area contributed by atoms with E-state index in [4.69, 9.17) is 9.47 Å². The van der Waals surface area contributed by atoms with Gasteiger partial charge in [0, 0.05) is 5.92 Å². The van der Waals surface area contributed by atoms with Crippen molar-refractivity contribution in [3.05, 3.63) is 0 Å². The SMILES string of the molecule is CC(C)(C)OCC1CC(C(C)(C)C)OC1CO. The minimum absolute atomic E-state index is 0.0680. The van der Waals surface area contributed by atoms with Crippen molar-refractivity contribution in [1.82, 2.24) is 0 Å². The number of aliphatic hydroxyl groups is 1. The van der Waals surface area contributed by atoms with Gasteiger partial charge in [-0.1, -0.05) is 20.8 Å². The average molecular weight is 244 g/mol. The number of rotatable bonds is 3. The summed E-state index contributed by atoms with van der Waals surface area (Å²) in [6.07, 6.45) is 1.12. The molecule has 0 aromatic carbocycles. The Bertz CT molecular complexity index is 237. The Kier molecular flexibility index (Phi) is 4.61. The molecule has 1 N–H and O–H groups in total. The van der Waals surface area contributed by atoms with E-state index < -0.39 is 0 Å². The fourth-order valence-corrected chi connectivity index (χ4v) is 2.09. The molecule has 3 unspecified atom stereocenters. The highest BCUT2D eigenvalue weighted by atomic mass is 16.5. The van der Waals surface area contributed by atoms with Crippen LogP contribution in [-0.2, 0) is 9.47 Å². The zero-order chi connectivity index (χ0) is 13.3. The van der Waals surface area contributed by atoms with Crippen molar-refractivity contribution in [2.75, 3.05) is 13.2 Å².